The molecule has 2 aromatic rings. The predicted molar refractivity (Wildman–Crippen MR) is 112 cm³/mol. The van der Waals surface area contributed by atoms with Gasteiger partial charge in [0.05, 0.1) is 0 Å². The summed E-state index contributed by atoms with van der Waals surface area (Å²) in [6.45, 7) is 9.33. The number of hydrogen-bond donors (Lipinski definition) is 0. The molecule has 148 valence electrons. The van der Waals surface area contributed by atoms with Gasteiger partial charge in [-0.3, -0.25) is 9.59 Å². The second-order valence-electron chi connectivity index (χ2n) is 8.31. The van der Waals surface area contributed by atoms with Crippen molar-refractivity contribution in [2.45, 2.75) is 39.0 Å². The Morgan fingerprint density at radius 2 is 1.61 bits per heavy atom. The zero-order valence-electron chi connectivity index (χ0n) is 17.0. The van der Waals surface area contributed by atoms with Crippen LogP contribution in [0, 0.1) is 0 Å². The van der Waals surface area contributed by atoms with Crippen molar-refractivity contribution in [3.8, 4) is 0 Å². The Labute approximate surface area is 167 Å². The number of nitrogens with zero attached hydrogens (tertiary/aromatic N) is 3. The van der Waals surface area contributed by atoms with Gasteiger partial charge in [-0.05, 0) is 23.1 Å². The lowest BCUT2D eigenvalue weighted by Gasteiger charge is -2.35. The van der Waals surface area contributed by atoms with Gasteiger partial charge in [-0.2, -0.15) is 0 Å². The van der Waals surface area contributed by atoms with E-state index in [9.17, 15) is 9.59 Å². The minimum absolute atomic E-state index is 0.0286. The number of benzene rings is 1. The van der Waals surface area contributed by atoms with Gasteiger partial charge in [0.1, 0.15) is 5.82 Å². The van der Waals surface area contributed by atoms with E-state index >= 15 is 0 Å². The van der Waals surface area contributed by atoms with Gasteiger partial charge in [-0.1, -0.05) is 51.1 Å². The molecule has 1 aliphatic heterocycles. The van der Waals surface area contributed by atoms with Crippen LogP contribution in [0.3, 0.4) is 0 Å². The number of Topliss-reactive ketones (excluding diaryl/α,β-unsaturated/α-hetero) is 1. The molecule has 0 unspecified atom stereocenters. The van der Waals surface area contributed by atoms with Crippen molar-refractivity contribution in [1.82, 2.24) is 9.88 Å². The molecule has 28 heavy (non-hydrogen) atoms. The Kier molecular flexibility index (Phi) is 6.12. The predicted octanol–water partition coefficient (Wildman–Crippen LogP) is 3.69. The summed E-state index contributed by atoms with van der Waals surface area (Å²) in [5.74, 6) is 1.03. The maximum atomic E-state index is 12.5. The average Bonchev–Trinajstić information content (AvgIpc) is 2.72. The van der Waals surface area contributed by atoms with Crippen LogP contribution in [0.1, 0.15) is 49.5 Å². The van der Waals surface area contributed by atoms with Crippen LogP contribution in [0.4, 0.5) is 5.82 Å². The van der Waals surface area contributed by atoms with Gasteiger partial charge >= 0.3 is 0 Å². The van der Waals surface area contributed by atoms with Crippen LogP contribution < -0.4 is 4.90 Å². The topological polar surface area (TPSA) is 53.5 Å². The minimum atomic E-state index is 0.0286. The molecule has 1 fully saturated rings. The van der Waals surface area contributed by atoms with Gasteiger partial charge in [0.2, 0.25) is 5.91 Å². The molecule has 0 radical (unpaired) electrons. The fourth-order valence-electron chi connectivity index (χ4n) is 3.40. The molecule has 3 rings (SSSR count). The summed E-state index contributed by atoms with van der Waals surface area (Å²) in [6.07, 6.45) is 2.31. The Morgan fingerprint density at radius 1 is 0.929 bits per heavy atom. The van der Waals surface area contributed by atoms with Crippen LogP contribution >= 0.6 is 0 Å². The fourth-order valence-corrected chi connectivity index (χ4v) is 3.40. The van der Waals surface area contributed by atoms with E-state index in [1.807, 2.05) is 47.4 Å². The number of piperazine rings is 1. The normalized spacial score (nSPS) is 14.8. The molecule has 0 aliphatic carbocycles. The summed E-state index contributed by atoms with van der Waals surface area (Å²) in [7, 11) is 0. The molecule has 0 spiro atoms. The molecule has 0 N–H and O–H groups in total. The lowest BCUT2D eigenvalue weighted by atomic mass is 9.86. The first-order valence-corrected chi connectivity index (χ1v) is 9.92. The smallest absolute Gasteiger partial charge is 0.223 e. The van der Waals surface area contributed by atoms with Gasteiger partial charge in [0.25, 0.3) is 0 Å². The maximum absolute atomic E-state index is 12.5. The Balaban J connectivity index is 1.47. The molecule has 1 amide bonds. The van der Waals surface area contributed by atoms with E-state index in [1.165, 1.54) is 5.56 Å². The van der Waals surface area contributed by atoms with E-state index in [2.05, 4.69) is 30.7 Å². The molecule has 1 aromatic heterocycles. The molecule has 1 saturated heterocycles. The van der Waals surface area contributed by atoms with Crippen LogP contribution in [0.15, 0.2) is 48.7 Å². The zero-order valence-corrected chi connectivity index (χ0v) is 17.0. The molecule has 0 atom stereocenters. The number of aromatic nitrogens is 1. The Bertz CT molecular complexity index is 802. The number of pyridine rings is 1. The number of hydrogen-bond acceptors (Lipinski definition) is 4. The number of anilines is 1. The Hall–Kier alpha value is -2.69. The summed E-state index contributed by atoms with van der Waals surface area (Å²) in [4.78, 5) is 33.4. The number of carbonyl (C=O) groups excluding carboxylic acids is 2. The first kappa shape index (κ1) is 20.1. The molecule has 5 heteroatoms. The third kappa shape index (κ3) is 4.97. The highest BCUT2D eigenvalue weighted by Gasteiger charge is 2.22. The SMILES string of the molecule is CC(C)(C)c1ccc(C(=O)CCC(=O)N2CCN(c3ccccn3)CC2)cc1. The first-order chi connectivity index (χ1) is 13.3. The van der Waals surface area contributed by atoms with Crippen molar-refractivity contribution in [3.63, 3.8) is 0 Å². The van der Waals surface area contributed by atoms with Crippen LogP contribution in [0.5, 0.6) is 0 Å². The van der Waals surface area contributed by atoms with Gasteiger partial charge in [-0.15, -0.1) is 0 Å². The van der Waals surface area contributed by atoms with Gasteiger partial charge in [0, 0.05) is 50.8 Å². The number of carbonyl (C=O) groups is 2. The summed E-state index contributed by atoms with van der Waals surface area (Å²) in [5.41, 5.74) is 1.95. The number of ketones is 1. The van der Waals surface area contributed by atoms with Crippen LogP contribution in [-0.2, 0) is 10.2 Å². The van der Waals surface area contributed by atoms with Crippen molar-refractivity contribution in [2.24, 2.45) is 0 Å². The molecule has 0 saturated carbocycles. The maximum Gasteiger partial charge on any atom is 0.223 e. The molecule has 1 aliphatic rings. The molecular weight excluding hydrogens is 350 g/mol. The van der Waals surface area contributed by atoms with E-state index in [1.54, 1.807) is 6.20 Å². The van der Waals surface area contributed by atoms with E-state index in [4.69, 9.17) is 0 Å². The molecule has 2 heterocycles. The molecular formula is C23H29N3O2. The van der Waals surface area contributed by atoms with Crippen LogP contribution in [-0.4, -0.2) is 47.8 Å². The molecule has 0 bridgehead atoms. The fraction of sp³-hybridized carbons (Fsp3) is 0.435. The van der Waals surface area contributed by atoms with Gasteiger partial charge in [0.15, 0.2) is 5.78 Å². The standard InChI is InChI=1S/C23H29N3O2/c1-23(2,3)19-9-7-18(8-10-19)20(27)11-12-22(28)26-16-14-25(15-17-26)21-6-4-5-13-24-21/h4-10,13H,11-12,14-17H2,1-3H3. The van der Waals surface area contributed by atoms with Crippen LogP contribution in [0.2, 0.25) is 0 Å². The summed E-state index contributed by atoms with van der Waals surface area (Å²) in [5, 5.41) is 0. The van der Waals surface area contributed by atoms with E-state index in [0.717, 1.165) is 18.9 Å². The van der Waals surface area contributed by atoms with E-state index in [-0.39, 0.29) is 29.9 Å². The quantitative estimate of drug-likeness (QED) is 0.744. The lowest BCUT2D eigenvalue weighted by molar-refractivity contribution is -0.131. The third-order valence-corrected chi connectivity index (χ3v) is 5.24. The van der Waals surface area contributed by atoms with Crippen molar-refractivity contribution in [3.05, 3.63) is 59.8 Å². The van der Waals surface area contributed by atoms with Crippen molar-refractivity contribution in [1.29, 1.82) is 0 Å². The minimum Gasteiger partial charge on any atom is -0.353 e. The summed E-state index contributed by atoms with van der Waals surface area (Å²) >= 11 is 0. The average molecular weight is 380 g/mol. The second-order valence-corrected chi connectivity index (χ2v) is 8.31. The summed E-state index contributed by atoms with van der Waals surface area (Å²) < 4.78 is 0. The highest BCUT2D eigenvalue weighted by molar-refractivity contribution is 5.98. The second kappa shape index (κ2) is 8.55. The van der Waals surface area contributed by atoms with Gasteiger partial charge in [-0.25, -0.2) is 4.98 Å². The Morgan fingerprint density at radius 3 is 2.18 bits per heavy atom. The monoisotopic (exact) mass is 379 g/mol. The van der Waals surface area contributed by atoms with Gasteiger partial charge < -0.3 is 9.80 Å². The lowest BCUT2D eigenvalue weighted by Crippen LogP contribution is -2.49. The molecule has 5 nitrogen and oxygen atoms in total. The summed E-state index contributed by atoms with van der Waals surface area (Å²) in [6, 6.07) is 13.6. The van der Waals surface area contributed by atoms with Crippen LogP contribution in [0.25, 0.3) is 0 Å². The highest BCUT2D eigenvalue weighted by atomic mass is 16.2. The number of amides is 1. The van der Waals surface area contributed by atoms with Crippen molar-refractivity contribution < 1.29 is 9.59 Å². The van der Waals surface area contributed by atoms with E-state index in [0.29, 0.717) is 18.7 Å². The third-order valence-electron chi connectivity index (χ3n) is 5.24. The zero-order chi connectivity index (χ0) is 20.1. The largest absolute Gasteiger partial charge is 0.353 e. The van der Waals surface area contributed by atoms with E-state index < -0.39 is 0 Å². The molecule has 1 aromatic carbocycles. The highest BCUT2D eigenvalue weighted by Crippen LogP contribution is 2.22. The van der Waals surface area contributed by atoms with Crippen molar-refractivity contribution >= 4 is 17.5 Å². The number of rotatable bonds is 5. The van der Waals surface area contributed by atoms with Crippen molar-refractivity contribution in [2.75, 3.05) is 31.1 Å². The first-order valence-electron chi connectivity index (χ1n) is 9.92.